The molecule has 2 rings (SSSR count). The van der Waals surface area contributed by atoms with Crippen LogP contribution in [0.3, 0.4) is 0 Å². The molecule has 7 nitrogen and oxygen atoms in total. The van der Waals surface area contributed by atoms with Crippen LogP contribution in [-0.2, 0) is 22.3 Å². The Kier molecular flexibility index (Phi) is 9.27. The maximum absolute atomic E-state index is 12.9. The second-order valence-electron chi connectivity index (χ2n) is 9.82. The number of amides is 3. The van der Waals surface area contributed by atoms with Crippen LogP contribution in [0.15, 0.2) is 49.0 Å². The first-order valence-corrected chi connectivity index (χ1v) is 11.6. The Bertz CT molecular complexity index is 1170. The van der Waals surface area contributed by atoms with E-state index in [0.29, 0.717) is 12.6 Å². The summed E-state index contributed by atoms with van der Waals surface area (Å²) < 4.78 is 38.8. The molecule has 0 aromatic heterocycles. The van der Waals surface area contributed by atoms with Crippen molar-refractivity contribution in [2.24, 2.45) is 11.1 Å². The van der Waals surface area contributed by atoms with Crippen molar-refractivity contribution in [1.82, 2.24) is 16.0 Å². The van der Waals surface area contributed by atoms with Crippen LogP contribution < -0.4 is 21.7 Å². The summed E-state index contributed by atoms with van der Waals surface area (Å²) in [6, 6.07) is 9.68. The molecule has 2 aromatic rings. The molecule has 37 heavy (non-hydrogen) atoms. The van der Waals surface area contributed by atoms with E-state index in [0.717, 1.165) is 28.8 Å². The number of primary amides is 1. The molecule has 1 atom stereocenters. The van der Waals surface area contributed by atoms with Gasteiger partial charge >= 0.3 is 6.18 Å². The zero-order chi connectivity index (χ0) is 28.0. The fourth-order valence-electron chi connectivity index (χ4n) is 3.83. The van der Waals surface area contributed by atoms with Gasteiger partial charge in [-0.15, -0.1) is 0 Å². The molecule has 0 aliphatic carbocycles. The van der Waals surface area contributed by atoms with Crippen molar-refractivity contribution in [2.45, 2.75) is 46.0 Å². The van der Waals surface area contributed by atoms with Crippen molar-refractivity contribution < 1.29 is 27.6 Å². The molecule has 0 fully saturated rings. The maximum Gasteiger partial charge on any atom is 0.416 e. The van der Waals surface area contributed by atoms with Crippen LogP contribution >= 0.6 is 0 Å². The monoisotopic (exact) mass is 518 g/mol. The van der Waals surface area contributed by atoms with Gasteiger partial charge in [0.15, 0.2) is 0 Å². The Balaban J connectivity index is 2.12. The lowest BCUT2D eigenvalue weighted by molar-refractivity contribution is -0.137. The van der Waals surface area contributed by atoms with Crippen LogP contribution in [0.4, 0.5) is 13.2 Å². The molecule has 0 saturated carbocycles. The lowest BCUT2D eigenvalue weighted by Gasteiger charge is -2.43. The number of nitrogens with two attached hydrogens (primary N) is 1. The zero-order valence-electron chi connectivity index (χ0n) is 21.4. The average molecular weight is 519 g/mol. The summed E-state index contributed by atoms with van der Waals surface area (Å²) in [4.78, 5) is 37.8. The van der Waals surface area contributed by atoms with Crippen molar-refractivity contribution in [2.75, 3.05) is 13.1 Å². The highest BCUT2D eigenvalue weighted by Gasteiger charge is 2.48. The Morgan fingerprint density at radius 1 is 1.05 bits per heavy atom. The van der Waals surface area contributed by atoms with Crippen molar-refractivity contribution in [3.63, 3.8) is 0 Å². The van der Waals surface area contributed by atoms with Crippen LogP contribution in [0.2, 0.25) is 0 Å². The fourth-order valence-corrected chi connectivity index (χ4v) is 3.83. The van der Waals surface area contributed by atoms with Crippen LogP contribution in [0.5, 0.6) is 0 Å². The Morgan fingerprint density at radius 3 is 2.27 bits per heavy atom. The molecular weight excluding hydrogens is 485 g/mol. The van der Waals surface area contributed by atoms with Gasteiger partial charge in [0, 0.05) is 18.7 Å². The number of hydrogen-bond acceptors (Lipinski definition) is 4. The molecular formula is C27H33F3N4O3. The SMILES string of the molecule is C=Cc1ccc(CNCC(NC(=O)CNC(=O)c2cccc(C(F)(F)F)c2)(C(N)=O)C(C)(C)C)c(C)c1. The summed E-state index contributed by atoms with van der Waals surface area (Å²) >= 11 is 0. The smallest absolute Gasteiger partial charge is 0.368 e. The second-order valence-corrected chi connectivity index (χ2v) is 9.82. The van der Waals surface area contributed by atoms with Crippen molar-refractivity contribution in [1.29, 1.82) is 0 Å². The van der Waals surface area contributed by atoms with Gasteiger partial charge in [-0.3, -0.25) is 14.4 Å². The van der Waals surface area contributed by atoms with E-state index in [4.69, 9.17) is 5.73 Å². The van der Waals surface area contributed by atoms with E-state index in [9.17, 15) is 27.6 Å². The first kappa shape index (κ1) is 29.6. The van der Waals surface area contributed by atoms with Crippen LogP contribution in [0.1, 0.15) is 53.4 Å². The Morgan fingerprint density at radius 2 is 1.73 bits per heavy atom. The van der Waals surface area contributed by atoms with E-state index in [-0.39, 0.29) is 12.1 Å². The third kappa shape index (κ3) is 7.42. The summed E-state index contributed by atoms with van der Waals surface area (Å²) in [5.74, 6) is -2.36. The van der Waals surface area contributed by atoms with E-state index >= 15 is 0 Å². The summed E-state index contributed by atoms with van der Waals surface area (Å²) in [5, 5.41) is 8.13. The molecule has 5 N–H and O–H groups in total. The van der Waals surface area contributed by atoms with Gasteiger partial charge in [-0.25, -0.2) is 0 Å². The van der Waals surface area contributed by atoms with Gasteiger partial charge in [0.2, 0.25) is 11.8 Å². The highest BCUT2D eigenvalue weighted by atomic mass is 19.4. The molecule has 0 saturated heterocycles. The average Bonchev–Trinajstić information content (AvgIpc) is 2.81. The number of hydrogen-bond donors (Lipinski definition) is 4. The number of halogens is 3. The quantitative estimate of drug-likeness (QED) is 0.385. The minimum Gasteiger partial charge on any atom is -0.368 e. The Hall–Kier alpha value is -3.66. The van der Waals surface area contributed by atoms with E-state index < -0.39 is 47.0 Å². The molecule has 0 bridgehead atoms. The first-order chi connectivity index (χ1) is 17.1. The number of alkyl halides is 3. The topological polar surface area (TPSA) is 113 Å². The Labute approximate surface area is 214 Å². The van der Waals surface area contributed by atoms with Crippen molar-refractivity contribution >= 4 is 23.8 Å². The van der Waals surface area contributed by atoms with Crippen LogP contribution in [-0.4, -0.2) is 36.3 Å². The molecule has 0 aliphatic rings. The molecule has 0 spiro atoms. The van der Waals surface area contributed by atoms with Crippen molar-refractivity contribution in [3.05, 3.63) is 76.9 Å². The highest BCUT2D eigenvalue weighted by Crippen LogP contribution is 2.31. The summed E-state index contributed by atoms with van der Waals surface area (Å²) in [5.41, 5.74) is 5.15. The molecule has 1 unspecified atom stereocenters. The van der Waals surface area contributed by atoms with Crippen LogP contribution in [0.25, 0.3) is 6.08 Å². The normalized spacial score (nSPS) is 13.4. The second kappa shape index (κ2) is 11.6. The number of aryl methyl sites for hydroxylation is 1. The third-order valence-electron chi connectivity index (χ3n) is 6.22. The summed E-state index contributed by atoms with van der Waals surface area (Å²) in [6.45, 7) is 10.8. The minimum atomic E-state index is -4.61. The van der Waals surface area contributed by atoms with E-state index in [2.05, 4.69) is 22.5 Å². The number of carbonyl (C=O) groups excluding carboxylic acids is 3. The molecule has 0 radical (unpaired) electrons. The molecule has 200 valence electrons. The van der Waals surface area contributed by atoms with Crippen molar-refractivity contribution in [3.8, 4) is 0 Å². The van der Waals surface area contributed by atoms with E-state index in [1.165, 1.54) is 6.07 Å². The van der Waals surface area contributed by atoms with E-state index in [1.54, 1.807) is 26.8 Å². The highest BCUT2D eigenvalue weighted by molar-refractivity contribution is 5.98. The molecule has 3 amide bonds. The summed E-state index contributed by atoms with van der Waals surface area (Å²) in [6.07, 6.45) is -2.87. The van der Waals surface area contributed by atoms with Gasteiger partial charge in [0.1, 0.15) is 5.54 Å². The fraction of sp³-hybridized carbons (Fsp3) is 0.370. The van der Waals surface area contributed by atoms with Crippen LogP contribution in [0, 0.1) is 12.3 Å². The predicted octanol–water partition coefficient (Wildman–Crippen LogP) is 3.56. The summed E-state index contributed by atoms with van der Waals surface area (Å²) in [7, 11) is 0. The minimum absolute atomic E-state index is 0.00178. The number of rotatable bonds is 10. The van der Waals surface area contributed by atoms with Gasteiger partial charge < -0.3 is 21.7 Å². The number of benzene rings is 2. The largest absolute Gasteiger partial charge is 0.416 e. The zero-order valence-corrected chi connectivity index (χ0v) is 21.4. The third-order valence-corrected chi connectivity index (χ3v) is 6.22. The lowest BCUT2D eigenvalue weighted by Crippen LogP contribution is -2.69. The first-order valence-electron chi connectivity index (χ1n) is 11.6. The standard InChI is InChI=1S/C27H33F3N4O3/c1-6-18-10-11-20(17(2)12-18)14-32-16-26(24(31)37,25(3,4)5)34-22(35)15-33-23(36)19-8-7-9-21(13-19)27(28,29)30/h6-13,32H,1,14-16H2,2-5H3,(H2,31,37)(H,33,36)(H,34,35). The van der Waals surface area contributed by atoms with Gasteiger partial charge in [-0.1, -0.05) is 57.7 Å². The van der Waals surface area contributed by atoms with Gasteiger partial charge in [-0.05, 0) is 47.2 Å². The van der Waals surface area contributed by atoms with Gasteiger partial charge in [0.25, 0.3) is 5.91 Å². The van der Waals surface area contributed by atoms with Gasteiger partial charge in [0.05, 0.1) is 12.1 Å². The predicted molar refractivity (Wildman–Crippen MR) is 136 cm³/mol. The molecule has 10 heteroatoms. The van der Waals surface area contributed by atoms with Gasteiger partial charge in [-0.2, -0.15) is 13.2 Å². The molecule has 0 heterocycles. The number of nitrogens with one attached hydrogen (secondary N) is 3. The maximum atomic E-state index is 12.9. The number of carbonyl (C=O) groups is 3. The van der Waals surface area contributed by atoms with E-state index in [1.807, 2.05) is 25.1 Å². The molecule has 0 aliphatic heterocycles. The lowest BCUT2D eigenvalue weighted by atomic mass is 9.72. The molecule has 2 aromatic carbocycles.